The van der Waals surface area contributed by atoms with Crippen LogP contribution in [-0.2, 0) is 26.0 Å². The van der Waals surface area contributed by atoms with Gasteiger partial charge in [-0.25, -0.2) is 21.8 Å². The Kier molecular flexibility index (Phi) is 9.13. The number of unbranched alkanes of at least 4 members (excludes halogenated alkanes) is 1. The molecule has 1 aromatic heterocycles. The number of benzene rings is 2. The number of aromatic nitrogens is 2. The van der Waals surface area contributed by atoms with Crippen LogP contribution >= 0.6 is 0 Å². The third-order valence-electron chi connectivity index (χ3n) is 7.77. The standard InChI is InChI=1S/C28H34F2N6O5S/c1-2-3-8-35-16-19(13-26(35)37)28(38)32-22(12-18-10-20(29)14-21(30)11-18)15-23-17-36(9-7-31-23)42(39,40)25-6-4-5-24-27(25)34-41-33-24/h4-6,10-11,14,19,22-23,31H,2-3,7-9,12-13,15-17H2,1H3,(H,32,38)/t19?,22?,23-/m0/s1. The molecule has 2 aliphatic heterocycles. The fourth-order valence-electron chi connectivity index (χ4n) is 5.68. The molecule has 11 nitrogen and oxygen atoms in total. The summed E-state index contributed by atoms with van der Waals surface area (Å²) in [5, 5.41) is 13.8. The van der Waals surface area contributed by atoms with Crippen molar-refractivity contribution >= 4 is 32.9 Å². The van der Waals surface area contributed by atoms with Crippen LogP contribution in [0.4, 0.5) is 8.78 Å². The van der Waals surface area contributed by atoms with Gasteiger partial charge in [0, 0.05) is 57.3 Å². The number of likely N-dealkylation sites (tertiary alicyclic amines) is 1. The van der Waals surface area contributed by atoms with E-state index < -0.39 is 33.6 Å². The number of fused-ring (bicyclic) bond motifs is 1. The molecule has 42 heavy (non-hydrogen) atoms. The minimum atomic E-state index is -3.95. The van der Waals surface area contributed by atoms with E-state index in [9.17, 15) is 26.8 Å². The molecule has 2 fully saturated rings. The minimum absolute atomic E-state index is 0.0134. The summed E-state index contributed by atoms with van der Waals surface area (Å²) < 4.78 is 61.2. The molecule has 226 valence electrons. The van der Waals surface area contributed by atoms with E-state index in [-0.39, 0.29) is 60.6 Å². The van der Waals surface area contributed by atoms with Gasteiger partial charge in [0.15, 0.2) is 5.52 Å². The Morgan fingerprint density at radius 3 is 2.74 bits per heavy atom. The maximum atomic E-state index is 14.0. The lowest BCUT2D eigenvalue weighted by atomic mass is 9.97. The van der Waals surface area contributed by atoms with Crippen LogP contribution in [0, 0.1) is 17.6 Å². The number of piperazine rings is 1. The first-order valence-corrected chi connectivity index (χ1v) is 15.6. The Hall–Kier alpha value is -3.49. The van der Waals surface area contributed by atoms with E-state index >= 15 is 0 Å². The second-order valence-corrected chi connectivity index (χ2v) is 12.8. The fraction of sp³-hybridized carbons (Fsp3) is 0.500. The maximum Gasteiger partial charge on any atom is 0.245 e. The quantitative estimate of drug-likeness (QED) is 0.340. The van der Waals surface area contributed by atoms with Gasteiger partial charge in [0.25, 0.3) is 0 Å². The van der Waals surface area contributed by atoms with Crippen molar-refractivity contribution in [2.75, 3.05) is 32.7 Å². The van der Waals surface area contributed by atoms with Crippen LogP contribution in [0.3, 0.4) is 0 Å². The molecule has 14 heteroatoms. The van der Waals surface area contributed by atoms with Crippen LogP contribution in [0.25, 0.3) is 11.0 Å². The Bertz CT molecular complexity index is 1530. The van der Waals surface area contributed by atoms with Gasteiger partial charge in [0.1, 0.15) is 22.0 Å². The number of nitrogens with one attached hydrogen (secondary N) is 2. The first-order chi connectivity index (χ1) is 20.1. The van der Waals surface area contributed by atoms with E-state index in [2.05, 4.69) is 20.9 Å². The summed E-state index contributed by atoms with van der Waals surface area (Å²) >= 11 is 0. The van der Waals surface area contributed by atoms with Gasteiger partial charge in [0.05, 0.1) is 5.92 Å². The Balaban J connectivity index is 1.32. The molecule has 0 radical (unpaired) electrons. The number of carbonyl (C=O) groups excluding carboxylic acids is 2. The summed E-state index contributed by atoms with van der Waals surface area (Å²) in [6.07, 6.45) is 2.29. The van der Waals surface area contributed by atoms with Gasteiger partial charge in [-0.2, -0.15) is 4.31 Å². The molecule has 2 saturated heterocycles. The number of nitrogens with zero attached hydrogens (tertiary/aromatic N) is 4. The monoisotopic (exact) mass is 604 g/mol. The topological polar surface area (TPSA) is 138 Å². The third kappa shape index (κ3) is 6.76. The molecule has 0 spiro atoms. The van der Waals surface area contributed by atoms with Gasteiger partial charge >= 0.3 is 0 Å². The lowest BCUT2D eigenvalue weighted by Gasteiger charge is -2.35. The number of halogens is 2. The maximum absolute atomic E-state index is 14.0. The van der Waals surface area contributed by atoms with E-state index in [0.29, 0.717) is 30.7 Å². The molecule has 0 bridgehead atoms. The summed E-state index contributed by atoms with van der Waals surface area (Å²) in [5.74, 6) is -2.37. The lowest BCUT2D eigenvalue weighted by Crippen LogP contribution is -2.55. The van der Waals surface area contributed by atoms with E-state index in [4.69, 9.17) is 4.63 Å². The average Bonchev–Trinajstić information content (AvgIpc) is 3.57. The molecule has 2 N–H and O–H groups in total. The summed E-state index contributed by atoms with van der Waals surface area (Å²) in [4.78, 5) is 27.4. The molecule has 2 unspecified atom stereocenters. The van der Waals surface area contributed by atoms with Gasteiger partial charge in [-0.05, 0) is 59.4 Å². The Morgan fingerprint density at radius 2 is 1.98 bits per heavy atom. The number of carbonyl (C=O) groups is 2. The van der Waals surface area contributed by atoms with Crippen LogP contribution in [0.2, 0.25) is 0 Å². The zero-order valence-electron chi connectivity index (χ0n) is 23.3. The van der Waals surface area contributed by atoms with Crippen LogP contribution in [0.5, 0.6) is 0 Å². The largest absolute Gasteiger partial charge is 0.353 e. The number of amides is 2. The zero-order chi connectivity index (χ0) is 29.9. The van der Waals surface area contributed by atoms with Crippen LogP contribution in [-0.4, -0.2) is 84.6 Å². The van der Waals surface area contributed by atoms with E-state index in [1.54, 1.807) is 17.0 Å². The van der Waals surface area contributed by atoms with Crippen molar-refractivity contribution in [2.45, 2.75) is 56.0 Å². The molecule has 2 aromatic carbocycles. The highest BCUT2D eigenvalue weighted by Crippen LogP contribution is 2.25. The molecular weight excluding hydrogens is 570 g/mol. The molecule has 3 atom stereocenters. The van der Waals surface area contributed by atoms with Gasteiger partial charge in [-0.1, -0.05) is 19.4 Å². The molecule has 3 aromatic rings. The minimum Gasteiger partial charge on any atom is -0.353 e. The average molecular weight is 605 g/mol. The van der Waals surface area contributed by atoms with Gasteiger partial charge in [0.2, 0.25) is 21.8 Å². The van der Waals surface area contributed by atoms with Crippen LogP contribution in [0.15, 0.2) is 45.9 Å². The number of rotatable bonds is 11. The smallest absolute Gasteiger partial charge is 0.245 e. The van der Waals surface area contributed by atoms with Crippen molar-refractivity contribution in [3.63, 3.8) is 0 Å². The highest BCUT2D eigenvalue weighted by atomic mass is 32.2. The molecule has 2 aliphatic rings. The summed E-state index contributed by atoms with van der Waals surface area (Å²) in [6, 6.07) is 6.88. The number of hydrogen-bond acceptors (Lipinski definition) is 8. The molecule has 3 heterocycles. The van der Waals surface area contributed by atoms with Crippen LogP contribution < -0.4 is 10.6 Å². The molecule has 2 amide bonds. The van der Waals surface area contributed by atoms with Crippen LogP contribution in [0.1, 0.15) is 38.2 Å². The predicted molar refractivity (Wildman–Crippen MR) is 149 cm³/mol. The molecule has 5 rings (SSSR count). The second-order valence-electron chi connectivity index (χ2n) is 10.9. The molecular formula is C28H34F2N6O5S. The third-order valence-corrected chi connectivity index (χ3v) is 9.67. The Morgan fingerprint density at radius 1 is 1.19 bits per heavy atom. The predicted octanol–water partition coefficient (Wildman–Crippen LogP) is 2.23. The molecule has 0 saturated carbocycles. The second kappa shape index (κ2) is 12.8. The summed E-state index contributed by atoms with van der Waals surface area (Å²) in [6.45, 7) is 3.62. The summed E-state index contributed by atoms with van der Waals surface area (Å²) in [7, 11) is -3.95. The number of hydrogen-bond donors (Lipinski definition) is 2. The van der Waals surface area contributed by atoms with Crippen molar-refractivity contribution in [2.24, 2.45) is 5.92 Å². The summed E-state index contributed by atoms with van der Waals surface area (Å²) in [5.41, 5.74) is 0.826. The van der Waals surface area contributed by atoms with Crippen molar-refractivity contribution in [3.8, 4) is 0 Å². The van der Waals surface area contributed by atoms with Crippen molar-refractivity contribution in [1.29, 1.82) is 0 Å². The van der Waals surface area contributed by atoms with E-state index in [1.165, 1.54) is 22.5 Å². The Labute approximate surface area is 242 Å². The van der Waals surface area contributed by atoms with Gasteiger partial charge in [-0.15, -0.1) is 0 Å². The highest BCUT2D eigenvalue weighted by Gasteiger charge is 2.36. The fourth-order valence-corrected chi connectivity index (χ4v) is 7.30. The zero-order valence-corrected chi connectivity index (χ0v) is 24.1. The number of sulfonamides is 1. The van der Waals surface area contributed by atoms with Crippen molar-refractivity contribution in [1.82, 2.24) is 30.2 Å². The first-order valence-electron chi connectivity index (χ1n) is 14.1. The van der Waals surface area contributed by atoms with Crippen molar-refractivity contribution in [3.05, 3.63) is 53.6 Å². The normalized spacial score (nSPS) is 20.7. The lowest BCUT2D eigenvalue weighted by molar-refractivity contribution is -0.129. The van der Waals surface area contributed by atoms with E-state index in [0.717, 1.165) is 18.9 Å². The van der Waals surface area contributed by atoms with Gasteiger partial charge in [-0.3, -0.25) is 9.59 Å². The highest BCUT2D eigenvalue weighted by molar-refractivity contribution is 7.89. The first kappa shape index (κ1) is 30.0. The SMILES string of the molecule is CCCCN1CC(C(=O)NC(Cc2cc(F)cc(F)c2)C[C@H]2CN(S(=O)(=O)c3cccc4nonc34)CCN2)CC1=O. The molecule has 0 aliphatic carbocycles. The van der Waals surface area contributed by atoms with E-state index in [1.807, 2.05) is 6.92 Å². The van der Waals surface area contributed by atoms with Gasteiger partial charge < -0.3 is 15.5 Å². The van der Waals surface area contributed by atoms with Crippen molar-refractivity contribution < 1.29 is 31.4 Å².